The number of hydrazine groups is 2. The Morgan fingerprint density at radius 1 is 0.525 bits per heavy atom. The predicted molar refractivity (Wildman–Crippen MR) is 302 cm³/mol. The highest BCUT2D eigenvalue weighted by Gasteiger charge is 2.36. The van der Waals surface area contributed by atoms with Crippen molar-refractivity contribution >= 4 is 75.0 Å². The van der Waals surface area contributed by atoms with Gasteiger partial charge in [0.25, 0.3) is 11.8 Å². The fourth-order valence-corrected chi connectivity index (χ4v) is 10.1. The van der Waals surface area contributed by atoms with E-state index < -0.39 is 72.2 Å². The molecule has 0 radical (unpaired) electrons. The first-order valence-electron chi connectivity index (χ1n) is 28.4. The van der Waals surface area contributed by atoms with Crippen molar-refractivity contribution < 1.29 is 47.8 Å². The number of esters is 2. The van der Waals surface area contributed by atoms with Crippen LogP contribution in [0.3, 0.4) is 0 Å². The van der Waals surface area contributed by atoms with Gasteiger partial charge in [0.2, 0.25) is 23.6 Å². The van der Waals surface area contributed by atoms with Gasteiger partial charge in [-0.25, -0.2) is 10.9 Å². The van der Waals surface area contributed by atoms with Crippen LogP contribution in [0.25, 0.3) is 27.6 Å². The third-order valence-electron chi connectivity index (χ3n) is 15.0. The quantitative estimate of drug-likeness (QED) is 0.121. The number of rotatable bonds is 2. The highest BCUT2D eigenvalue weighted by Crippen LogP contribution is 2.27. The van der Waals surface area contributed by atoms with Crippen molar-refractivity contribution in [1.29, 1.82) is 0 Å². The second kappa shape index (κ2) is 28.2. The van der Waals surface area contributed by atoms with Gasteiger partial charge in [-0.15, -0.1) is 0 Å². The molecular formula is C60H80N10O10. The summed E-state index contributed by atoms with van der Waals surface area (Å²) in [7, 11) is 0. The minimum atomic E-state index is -0.853. The fourth-order valence-electron chi connectivity index (χ4n) is 10.1. The molecule has 0 spiro atoms. The monoisotopic (exact) mass is 1100 g/mol. The summed E-state index contributed by atoms with van der Waals surface area (Å²) in [6.45, 7) is 15.1. The summed E-state index contributed by atoms with van der Waals surface area (Å²) in [5.74, 6) is -3.16. The lowest BCUT2D eigenvalue weighted by atomic mass is 10.0. The van der Waals surface area contributed by atoms with Crippen molar-refractivity contribution in [1.82, 2.24) is 52.1 Å². The number of nitrogens with one attached hydrogen (secondary N) is 6. The van der Waals surface area contributed by atoms with E-state index >= 15 is 0 Å². The number of nitrogens with zero attached hydrogens (tertiary/aromatic N) is 4. The molecule has 2 unspecified atom stereocenters. The maximum absolute atomic E-state index is 13.2. The van der Waals surface area contributed by atoms with Crippen LogP contribution in [0.1, 0.15) is 161 Å². The first-order valence-corrected chi connectivity index (χ1v) is 28.4. The van der Waals surface area contributed by atoms with Crippen molar-refractivity contribution in [2.24, 2.45) is 11.8 Å². The van der Waals surface area contributed by atoms with E-state index in [1.807, 2.05) is 102 Å². The predicted octanol–water partition coefficient (Wildman–Crippen LogP) is 6.27. The van der Waals surface area contributed by atoms with Crippen LogP contribution < -0.4 is 32.1 Å². The van der Waals surface area contributed by atoms with Crippen molar-refractivity contribution in [2.75, 3.05) is 13.1 Å². The van der Waals surface area contributed by atoms with Crippen LogP contribution in [-0.2, 0) is 54.3 Å². The molecule has 4 aliphatic rings. The van der Waals surface area contributed by atoms with Crippen molar-refractivity contribution in [3.05, 3.63) is 89.5 Å². The zero-order valence-electron chi connectivity index (χ0n) is 47.5. The number of benzene rings is 2. The van der Waals surface area contributed by atoms with Gasteiger partial charge in [0.05, 0.1) is 5.69 Å². The second-order valence-corrected chi connectivity index (χ2v) is 22.2. The number of pyridine rings is 2. The third-order valence-corrected chi connectivity index (χ3v) is 15.0. The fraction of sp³-hybridized carbons (Fsp3) is 0.533. The summed E-state index contributed by atoms with van der Waals surface area (Å²) in [4.78, 5) is 113. The molecule has 0 saturated carbocycles. The largest absolute Gasteiger partial charge is 0.457 e. The molecule has 4 aliphatic heterocycles. The van der Waals surface area contributed by atoms with Gasteiger partial charge in [0, 0.05) is 54.8 Å². The van der Waals surface area contributed by atoms with Crippen LogP contribution in [0.2, 0.25) is 0 Å². The summed E-state index contributed by atoms with van der Waals surface area (Å²) >= 11 is 0. The van der Waals surface area contributed by atoms with Crippen molar-refractivity contribution in [3.63, 3.8) is 0 Å². The van der Waals surface area contributed by atoms with E-state index in [0.717, 1.165) is 63.3 Å². The number of aromatic nitrogens is 2. The lowest BCUT2D eigenvalue weighted by Gasteiger charge is -2.35. The Balaban J connectivity index is 0.000000231. The van der Waals surface area contributed by atoms with Crippen LogP contribution in [0, 0.1) is 11.8 Å². The summed E-state index contributed by atoms with van der Waals surface area (Å²) in [6, 6.07) is 11.3. The lowest BCUT2D eigenvalue weighted by molar-refractivity contribution is -0.158. The molecule has 10 bridgehead atoms. The molecule has 8 rings (SSSR count). The number of ether oxygens (including phenoxy) is 2. The molecule has 6 heterocycles. The van der Waals surface area contributed by atoms with Gasteiger partial charge >= 0.3 is 11.9 Å². The Bertz CT molecular complexity index is 2930. The zero-order valence-corrected chi connectivity index (χ0v) is 47.5. The molecule has 2 aromatic carbocycles. The lowest BCUT2D eigenvalue weighted by Crippen LogP contribution is -2.61. The molecule has 2 fully saturated rings. The van der Waals surface area contributed by atoms with E-state index in [2.05, 4.69) is 48.2 Å². The van der Waals surface area contributed by atoms with E-state index in [1.165, 1.54) is 10.0 Å². The van der Waals surface area contributed by atoms with Crippen molar-refractivity contribution in [2.45, 2.75) is 181 Å². The Hall–Kier alpha value is -7.32. The minimum absolute atomic E-state index is 0.158. The number of hydrogen-bond acceptors (Lipinski definition) is 14. The van der Waals surface area contributed by atoms with E-state index in [4.69, 9.17) is 9.47 Å². The Morgan fingerprint density at radius 3 is 1.51 bits per heavy atom. The number of amides is 6. The molecule has 20 heteroatoms. The maximum Gasteiger partial charge on any atom is 0.325 e. The first-order chi connectivity index (χ1) is 38.2. The molecule has 2 aromatic heterocycles. The molecule has 8 atom stereocenters. The van der Waals surface area contributed by atoms with E-state index in [1.54, 1.807) is 20.0 Å². The first kappa shape index (κ1) is 60.3. The van der Waals surface area contributed by atoms with Gasteiger partial charge in [-0.3, -0.25) is 58.3 Å². The highest BCUT2D eigenvalue weighted by molar-refractivity contribution is 5.93. The van der Waals surface area contributed by atoms with Gasteiger partial charge in [0.1, 0.15) is 48.5 Å². The average Bonchev–Trinajstić information content (AvgIpc) is 3.47. The van der Waals surface area contributed by atoms with Gasteiger partial charge in [-0.05, 0) is 150 Å². The highest BCUT2D eigenvalue weighted by atomic mass is 16.5. The van der Waals surface area contributed by atoms with Gasteiger partial charge in [-0.2, -0.15) is 0 Å². The van der Waals surface area contributed by atoms with Crippen LogP contribution in [0.4, 0.5) is 0 Å². The number of allylic oxidation sites excluding steroid dienone is 1. The third kappa shape index (κ3) is 16.4. The second-order valence-electron chi connectivity index (χ2n) is 22.2. The smallest absolute Gasteiger partial charge is 0.325 e. The number of hydrogen-bond donors (Lipinski definition) is 6. The molecule has 4 aromatic rings. The summed E-state index contributed by atoms with van der Waals surface area (Å²) in [5.41, 5.74) is 9.48. The number of cyclic esters (lactones) is 2. The Morgan fingerprint density at radius 2 is 1.00 bits per heavy atom. The summed E-state index contributed by atoms with van der Waals surface area (Å²) in [6.07, 6.45) is 14.0. The summed E-state index contributed by atoms with van der Waals surface area (Å²) < 4.78 is 11.6. The number of carbonyl (C=O) groups excluding carboxylic acids is 8. The Labute approximate surface area is 468 Å². The number of aryl methyl sites for hydroxylation is 1. The zero-order chi connectivity index (χ0) is 57.6. The number of fused-ring (bicyclic) bond motifs is 8. The molecule has 0 aliphatic carbocycles. The van der Waals surface area contributed by atoms with Crippen LogP contribution >= 0.6 is 0 Å². The van der Waals surface area contributed by atoms with Crippen LogP contribution in [0.15, 0.2) is 67.0 Å². The Kier molecular flexibility index (Phi) is 21.3. The topological polar surface area (TPSA) is 259 Å². The van der Waals surface area contributed by atoms with Crippen LogP contribution in [0.5, 0.6) is 0 Å². The van der Waals surface area contributed by atoms with Crippen molar-refractivity contribution in [3.8, 4) is 0 Å². The van der Waals surface area contributed by atoms with E-state index in [-0.39, 0.29) is 41.9 Å². The molecular weight excluding hydrogens is 1020 g/mol. The van der Waals surface area contributed by atoms with E-state index in [0.29, 0.717) is 64.5 Å². The maximum atomic E-state index is 13.2. The minimum Gasteiger partial charge on any atom is -0.457 e. The average molecular weight is 1100 g/mol. The molecule has 430 valence electrons. The molecule has 20 nitrogen and oxygen atoms in total. The molecule has 2 saturated heterocycles. The SMILES string of the molecule is CC1OC(=O)[C@@H]2CCCN(N2)C(=O)[C@H](C)NC(=O)[C@H](C(C)C)NC(=O)CCC/C=C/c2cc3cc1ccc3cn2.CC1OC(=O)[C@@H]2CCCN(N2)C(=O)[C@H](C)NC(=O)[C@H](C(C)C)NC(=O)CCCCCc2cc3cc1ccc3cn2. The summed E-state index contributed by atoms with van der Waals surface area (Å²) in [5, 5.41) is 17.9. The van der Waals surface area contributed by atoms with Gasteiger partial charge in [-0.1, -0.05) is 64.5 Å². The molecule has 6 amide bonds. The number of carbonyl (C=O) groups is 8. The molecule has 6 N–H and O–H groups in total. The molecule has 80 heavy (non-hydrogen) atoms. The standard InChI is InChI=1S/C30H41N5O5.C30H39N5O5/c2*1-18(2)27-28(37)32-19(3)29(38)35-14-8-10-25(34-35)30(39)40-20(4)21-12-13-22-17-31-24(16-23(22)15-21)9-6-5-7-11-26(36)33-27/h12-13,15-20,25,27,34H,5-11,14H2,1-4H3,(H,32,37)(H,33,36);6,9,12-13,15-20,25,27,34H,5,7-8,10-11,14H2,1-4H3,(H,32,37)(H,33,36)/b;9-6+/t2*19-,20?,25-,27-/m00/s1. The van der Waals surface area contributed by atoms with Crippen LogP contribution in [-0.4, -0.2) is 117 Å². The van der Waals surface area contributed by atoms with E-state index in [9.17, 15) is 38.4 Å². The van der Waals surface area contributed by atoms with Gasteiger partial charge < -0.3 is 30.7 Å². The normalized spacial score (nSPS) is 26.3. The van der Waals surface area contributed by atoms with Gasteiger partial charge in [0.15, 0.2) is 0 Å².